The van der Waals surface area contributed by atoms with Crippen LogP contribution in [0.4, 0.5) is 40.8 Å². The standard InChI is InChI=1S/C28H30F4N8O/c1-17-4-5-19(14-18(17)7-9-23-24(38-32)25(34-2)37-27(33)36-23)26(41)35-21-8-6-20(22(15-21)28(29,30)31)16-40-12-10-39(3)11-13-40/h4-6,8,14-15,38H,10-13,16H2,1-3H3,(H,35,41)(H3,33,34,36,37). The molecule has 0 radical (unpaired) electrons. The molecule has 1 fully saturated rings. The quantitative estimate of drug-likeness (QED) is 0.199. The molecule has 1 amide bonds. The van der Waals surface area contributed by atoms with Crippen LogP contribution in [0.3, 0.4) is 0 Å². The number of alkyl halides is 3. The lowest BCUT2D eigenvalue weighted by molar-refractivity contribution is -0.138. The van der Waals surface area contributed by atoms with Crippen LogP contribution in [0.25, 0.3) is 0 Å². The third-order valence-electron chi connectivity index (χ3n) is 6.74. The predicted molar refractivity (Wildman–Crippen MR) is 150 cm³/mol. The Labute approximate surface area is 235 Å². The number of nitrogens with zero attached hydrogens (tertiary/aromatic N) is 4. The molecule has 13 heteroatoms. The largest absolute Gasteiger partial charge is 0.416 e. The third kappa shape index (κ3) is 7.22. The van der Waals surface area contributed by atoms with Gasteiger partial charge in [0.05, 0.1) is 5.56 Å². The molecular formula is C28H30F4N8O. The zero-order chi connectivity index (χ0) is 29.7. The Kier molecular flexibility index (Phi) is 8.95. The number of nitrogen functional groups attached to an aromatic ring is 1. The topological polar surface area (TPSA) is 111 Å². The Morgan fingerprint density at radius 2 is 1.80 bits per heavy atom. The van der Waals surface area contributed by atoms with E-state index in [4.69, 9.17) is 5.73 Å². The number of hydrogen-bond acceptors (Lipinski definition) is 8. The zero-order valence-electron chi connectivity index (χ0n) is 22.8. The van der Waals surface area contributed by atoms with Gasteiger partial charge in [0.1, 0.15) is 11.4 Å². The zero-order valence-corrected chi connectivity index (χ0v) is 22.8. The summed E-state index contributed by atoms with van der Waals surface area (Å²) in [6.45, 7) is 4.87. The summed E-state index contributed by atoms with van der Waals surface area (Å²) in [5, 5.41) is 5.25. The molecule has 1 aliphatic heterocycles. The normalized spacial score (nSPS) is 14.2. The number of piperazine rings is 1. The van der Waals surface area contributed by atoms with Crippen LogP contribution >= 0.6 is 0 Å². The Bertz CT molecular complexity index is 1490. The van der Waals surface area contributed by atoms with Gasteiger partial charge in [-0.05, 0) is 55.3 Å². The second kappa shape index (κ2) is 12.4. The lowest BCUT2D eigenvalue weighted by atomic mass is 10.0. The second-order valence-corrected chi connectivity index (χ2v) is 9.68. The van der Waals surface area contributed by atoms with Gasteiger partial charge in [0, 0.05) is 56.6 Å². The van der Waals surface area contributed by atoms with E-state index in [0.29, 0.717) is 24.2 Å². The number of nitrogens with two attached hydrogens (primary N) is 1. The number of aromatic nitrogens is 2. The lowest BCUT2D eigenvalue weighted by Gasteiger charge is -2.33. The summed E-state index contributed by atoms with van der Waals surface area (Å²) >= 11 is 0. The Morgan fingerprint density at radius 1 is 1.07 bits per heavy atom. The van der Waals surface area contributed by atoms with E-state index in [1.165, 1.54) is 30.8 Å². The maximum atomic E-state index is 14.0. The van der Waals surface area contributed by atoms with Crippen molar-refractivity contribution in [2.75, 3.05) is 62.2 Å². The van der Waals surface area contributed by atoms with E-state index in [1.807, 2.05) is 11.9 Å². The van der Waals surface area contributed by atoms with Crippen LogP contribution in [-0.2, 0) is 12.7 Å². The van der Waals surface area contributed by atoms with Crippen LogP contribution in [0, 0.1) is 18.8 Å². The van der Waals surface area contributed by atoms with Gasteiger partial charge in [-0.15, -0.1) is 4.48 Å². The molecule has 0 unspecified atom stereocenters. The van der Waals surface area contributed by atoms with Crippen molar-refractivity contribution in [3.63, 3.8) is 0 Å². The first kappa shape index (κ1) is 29.6. The van der Waals surface area contributed by atoms with Crippen LogP contribution in [0.5, 0.6) is 0 Å². The first-order valence-corrected chi connectivity index (χ1v) is 12.8. The van der Waals surface area contributed by atoms with Gasteiger partial charge in [-0.2, -0.15) is 18.2 Å². The van der Waals surface area contributed by atoms with Crippen LogP contribution in [-0.4, -0.2) is 65.9 Å². The highest BCUT2D eigenvalue weighted by Crippen LogP contribution is 2.35. The number of anilines is 4. The van der Waals surface area contributed by atoms with Crippen LogP contribution in [0.2, 0.25) is 0 Å². The molecule has 9 nitrogen and oxygen atoms in total. The van der Waals surface area contributed by atoms with E-state index in [-0.39, 0.29) is 46.5 Å². The Balaban J connectivity index is 1.56. The van der Waals surface area contributed by atoms with Crippen LogP contribution in [0.15, 0.2) is 36.4 Å². The molecule has 0 bridgehead atoms. The lowest BCUT2D eigenvalue weighted by Crippen LogP contribution is -2.44. The van der Waals surface area contributed by atoms with Crippen molar-refractivity contribution in [3.8, 4) is 11.8 Å². The summed E-state index contributed by atoms with van der Waals surface area (Å²) in [5.41, 5.74) is 7.80. The molecular weight excluding hydrogens is 540 g/mol. The summed E-state index contributed by atoms with van der Waals surface area (Å²) in [6.07, 6.45) is -4.58. The minimum absolute atomic E-state index is 0.00468. The first-order chi connectivity index (χ1) is 19.5. The maximum absolute atomic E-state index is 14.0. The minimum Gasteiger partial charge on any atom is -0.371 e. The molecule has 4 rings (SSSR count). The van der Waals surface area contributed by atoms with Crippen molar-refractivity contribution in [1.29, 1.82) is 0 Å². The van der Waals surface area contributed by atoms with Crippen molar-refractivity contribution in [2.45, 2.75) is 19.6 Å². The van der Waals surface area contributed by atoms with E-state index in [2.05, 4.69) is 37.3 Å². The monoisotopic (exact) mass is 570 g/mol. The van der Waals surface area contributed by atoms with E-state index < -0.39 is 17.6 Å². The van der Waals surface area contributed by atoms with Crippen LogP contribution < -0.4 is 21.9 Å². The van der Waals surface area contributed by atoms with Crippen molar-refractivity contribution in [3.05, 3.63) is 69.9 Å². The summed E-state index contributed by atoms with van der Waals surface area (Å²) in [6, 6.07) is 8.53. The second-order valence-electron chi connectivity index (χ2n) is 9.68. The summed E-state index contributed by atoms with van der Waals surface area (Å²) in [4.78, 5) is 25.0. The third-order valence-corrected chi connectivity index (χ3v) is 6.74. The number of rotatable bonds is 6. The molecule has 41 heavy (non-hydrogen) atoms. The fourth-order valence-electron chi connectivity index (χ4n) is 4.37. The van der Waals surface area contributed by atoms with Crippen LogP contribution in [0.1, 0.15) is 38.3 Å². The molecule has 0 aliphatic carbocycles. The Hall–Kier alpha value is -4.41. The van der Waals surface area contributed by atoms with Crippen molar-refractivity contribution >= 4 is 29.0 Å². The van der Waals surface area contributed by atoms with E-state index in [1.54, 1.807) is 19.1 Å². The molecule has 1 aromatic heterocycles. The number of carbonyl (C=O) groups excluding carboxylic acids is 1. The van der Waals surface area contributed by atoms with Gasteiger partial charge in [-0.1, -0.05) is 18.1 Å². The number of aryl methyl sites for hydroxylation is 1. The summed E-state index contributed by atoms with van der Waals surface area (Å²) in [5.74, 6) is 4.97. The summed E-state index contributed by atoms with van der Waals surface area (Å²) < 4.78 is 55.3. The van der Waals surface area contributed by atoms with Crippen molar-refractivity contribution < 1.29 is 22.4 Å². The molecule has 5 N–H and O–H groups in total. The average Bonchev–Trinajstić information content (AvgIpc) is 2.93. The van der Waals surface area contributed by atoms with Gasteiger partial charge in [0.15, 0.2) is 5.82 Å². The highest BCUT2D eigenvalue weighted by atomic mass is 19.4. The Morgan fingerprint density at radius 3 is 2.46 bits per heavy atom. The highest BCUT2D eigenvalue weighted by molar-refractivity contribution is 6.04. The predicted octanol–water partition coefficient (Wildman–Crippen LogP) is 4.12. The van der Waals surface area contributed by atoms with E-state index in [9.17, 15) is 22.4 Å². The number of nitrogens with one attached hydrogen (secondary N) is 3. The number of hydrogen-bond donors (Lipinski definition) is 4. The molecule has 2 heterocycles. The molecule has 1 saturated heterocycles. The molecule has 0 atom stereocenters. The molecule has 0 saturated carbocycles. The number of amides is 1. The first-order valence-electron chi connectivity index (χ1n) is 12.8. The van der Waals surface area contributed by atoms with Gasteiger partial charge in [-0.3, -0.25) is 9.69 Å². The number of halogens is 4. The molecule has 2 aromatic carbocycles. The molecule has 0 spiro atoms. The van der Waals surface area contributed by atoms with Gasteiger partial charge in [0.2, 0.25) is 5.95 Å². The highest BCUT2D eigenvalue weighted by Gasteiger charge is 2.34. The van der Waals surface area contributed by atoms with Gasteiger partial charge < -0.3 is 21.3 Å². The van der Waals surface area contributed by atoms with Crippen molar-refractivity contribution in [1.82, 2.24) is 19.8 Å². The van der Waals surface area contributed by atoms with Crippen molar-refractivity contribution in [2.24, 2.45) is 0 Å². The smallest absolute Gasteiger partial charge is 0.371 e. The number of benzene rings is 2. The molecule has 1 aliphatic rings. The molecule has 216 valence electrons. The SMILES string of the molecule is CNc1nc(N)nc(C#Cc2cc(C(=O)Nc3ccc(CN4CCN(C)CC4)c(C(F)(F)F)c3)ccc2C)c1NF. The van der Waals surface area contributed by atoms with E-state index >= 15 is 0 Å². The fraction of sp³-hybridized carbons (Fsp3) is 0.321. The van der Waals surface area contributed by atoms with Gasteiger partial charge >= 0.3 is 6.18 Å². The number of carbonyl (C=O) groups is 1. The number of likely N-dealkylation sites (N-methyl/N-ethyl adjacent to an activating group) is 1. The van der Waals surface area contributed by atoms with Gasteiger partial charge in [-0.25, -0.2) is 10.5 Å². The van der Waals surface area contributed by atoms with Gasteiger partial charge in [0.25, 0.3) is 5.91 Å². The average molecular weight is 571 g/mol. The fourth-order valence-corrected chi connectivity index (χ4v) is 4.37. The minimum atomic E-state index is -4.58. The van der Waals surface area contributed by atoms with E-state index in [0.717, 1.165) is 19.2 Å². The molecule has 3 aromatic rings. The maximum Gasteiger partial charge on any atom is 0.416 e. The summed E-state index contributed by atoms with van der Waals surface area (Å²) in [7, 11) is 3.51.